The van der Waals surface area contributed by atoms with Gasteiger partial charge in [0.2, 0.25) is 23.6 Å². The first-order valence-corrected chi connectivity index (χ1v) is 19.3. The SMILES string of the molecule is CC[C@H](C)[C@H](NC(=O)[C@H](Cc1ccc(O)cc1)NC(=O)[C@@H]1CCCN1C(=O)[C@H](CCCCN)NC[C@@H](N)CCCCN)C(=O)N[C@H](CC(C)C)C(=O)O. The van der Waals surface area contributed by atoms with E-state index in [1.165, 1.54) is 12.1 Å². The van der Waals surface area contributed by atoms with Gasteiger partial charge >= 0.3 is 5.97 Å². The third-order valence-corrected chi connectivity index (χ3v) is 9.86. The van der Waals surface area contributed by atoms with Gasteiger partial charge in [-0.15, -0.1) is 0 Å². The predicted molar refractivity (Wildman–Crippen MR) is 204 cm³/mol. The van der Waals surface area contributed by atoms with Crippen molar-refractivity contribution in [3.05, 3.63) is 29.8 Å². The normalized spacial score (nSPS) is 17.7. The van der Waals surface area contributed by atoms with E-state index in [0.29, 0.717) is 57.4 Å². The van der Waals surface area contributed by atoms with Crippen LogP contribution in [-0.4, -0.2) is 107 Å². The van der Waals surface area contributed by atoms with E-state index < -0.39 is 53.9 Å². The van der Waals surface area contributed by atoms with Crippen LogP contribution in [0.15, 0.2) is 24.3 Å². The van der Waals surface area contributed by atoms with Crippen LogP contribution in [0.25, 0.3) is 0 Å². The summed E-state index contributed by atoms with van der Waals surface area (Å²) in [4.78, 5) is 69.0. The van der Waals surface area contributed by atoms with Crippen molar-refractivity contribution in [1.29, 1.82) is 0 Å². The van der Waals surface area contributed by atoms with E-state index >= 15 is 0 Å². The van der Waals surface area contributed by atoms with E-state index in [-0.39, 0.29) is 42.4 Å². The summed E-state index contributed by atoms with van der Waals surface area (Å²) < 4.78 is 0. The van der Waals surface area contributed by atoms with Crippen molar-refractivity contribution in [2.45, 2.75) is 135 Å². The maximum atomic E-state index is 14.0. The van der Waals surface area contributed by atoms with Gasteiger partial charge in [-0.05, 0) is 87.6 Å². The first-order valence-electron chi connectivity index (χ1n) is 19.3. The van der Waals surface area contributed by atoms with Crippen LogP contribution in [0.2, 0.25) is 0 Å². The summed E-state index contributed by atoms with van der Waals surface area (Å²) >= 11 is 0. The Kier molecular flexibility index (Phi) is 20.4. The number of benzene rings is 1. The van der Waals surface area contributed by atoms with E-state index in [1.807, 2.05) is 20.8 Å². The molecule has 1 heterocycles. The van der Waals surface area contributed by atoms with Gasteiger partial charge in [0, 0.05) is 25.6 Å². The second-order valence-electron chi connectivity index (χ2n) is 14.8. The Bertz CT molecular complexity index is 1300. The molecular formula is C38H66N8O7. The highest BCUT2D eigenvalue weighted by Crippen LogP contribution is 2.21. The van der Waals surface area contributed by atoms with Crippen LogP contribution in [0.1, 0.15) is 97.5 Å². The molecule has 53 heavy (non-hydrogen) atoms. The third kappa shape index (κ3) is 15.6. The van der Waals surface area contributed by atoms with Gasteiger partial charge in [0.25, 0.3) is 0 Å². The predicted octanol–water partition coefficient (Wildman–Crippen LogP) is 1.10. The number of carboxylic acids is 1. The molecule has 0 bridgehead atoms. The molecule has 4 amide bonds. The van der Waals surface area contributed by atoms with Gasteiger partial charge in [0.15, 0.2) is 0 Å². The average Bonchev–Trinajstić information content (AvgIpc) is 3.62. The second-order valence-corrected chi connectivity index (χ2v) is 14.8. The number of nitrogens with two attached hydrogens (primary N) is 3. The summed E-state index contributed by atoms with van der Waals surface area (Å²) in [6.45, 7) is 9.24. The number of aromatic hydroxyl groups is 1. The molecule has 12 N–H and O–H groups in total. The Balaban J connectivity index is 2.31. The molecule has 300 valence electrons. The fourth-order valence-corrected chi connectivity index (χ4v) is 6.51. The fourth-order valence-electron chi connectivity index (χ4n) is 6.51. The van der Waals surface area contributed by atoms with Crippen LogP contribution in [-0.2, 0) is 30.4 Å². The molecule has 1 aliphatic heterocycles. The fraction of sp³-hybridized carbons (Fsp3) is 0.711. The highest BCUT2D eigenvalue weighted by molar-refractivity contribution is 5.96. The second kappa shape index (κ2) is 23.8. The third-order valence-electron chi connectivity index (χ3n) is 9.86. The Labute approximate surface area is 314 Å². The molecule has 0 saturated carbocycles. The number of likely N-dealkylation sites (tertiary alicyclic amines) is 1. The molecule has 0 aliphatic carbocycles. The number of carbonyl (C=O) groups excluding carboxylic acids is 4. The Morgan fingerprint density at radius 3 is 2.09 bits per heavy atom. The monoisotopic (exact) mass is 747 g/mol. The molecular weight excluding hydrogens is 680 g/mol. The molecule has 7 atom stereocenters. The molecule has 15 heteroatoms. The average molecular weight is 747 g/mol. The first-order chi connectivity index (χ1) is 25.2. The van der Waals surface area contributed by atoms with Gasteiger partial charge in [-0.25, -0.2) is 4.79 Å². The minimum atomic E-state index is -1.17. The number of phenols is 1. The van der Waals surface area contributed by atoms with Crippen LogP contribution in [0.3, 0.4) is 0 Å². The summed E-state index contributed by atoms with van der Waals surface area (Å²) in [6.07, 6.45) is 6.29. The largest absolute Gasteiger partial charge is 0.508 e. The summed E-state index contributed by atoms with van der Waals surface area (Å²) in [5.41, 5.74) is 18.3. The van der Waals surface area contributed by atoms with E-state index in [4.69, 9.17) is 17.2 Å². The number of nitrogens with zero attached hydrogens (tertiary/aromatic N) is 1. The lowest BCUT2D eigenvalue weighted by Gasteiger charge is -2.31. The topological polar surface area (TPSA) is 255 Å². The summed E-state index contributed by atoms with van der Waals surface area (Å²) in [7, 11) is 0. The van der Waals surface area contributed by atoms with Crippen molar-refractivity contribution in [3.63, 3.8) is 0 Å². The summed E-state index contributed by atoms with van der Waals surface area (Å²) in [5, 5.41) is 31.2. The van der Waals surface area contributed by atoms with Crippen molar-refractivity contribution >= 4 is 29.6 Å². The van der Waals surface area contributed by atoms with Crippen LogP contribution >= 0.6 is 0 Å². The van der Waals surface area contributed by atoms with Crippen molar-refractivity contribution in [2.24, 2.45) is 29.0 Å². The number of rotatable bonds is 25. The summed E-state index contributed by atoms with van der Waals surface area (Å²) in [5.74, 6) is -3.47. The van der Waals surface area contributed by atoms with Crippen LogP contribution in [0.4, 0.5) is 0 Å². The van der Waals surface area contributed by atoms with Crippen molar-refractivity contribution < 1.29 is 34.2 Å². The molecule has 0 aromatic heterocycles. The summed E-state index contributed by atoms with van der Waals surface area (Å²) in [6, 6.07) is 1.30. The van der Waals surface area contributed by atoms with Gasteiger partial charge < -0.3 is 53.6 Å². The Morgan fingerprint density at radius 2 is 1.51 bits per heavy atom. The highest BCUT2D eigenvalue weighted by Gasteiger charge is 2.39. The quantitative estimate of drug-likeness (QED) is 0.0641. The number of aliphatic carboxylic acids is 1. The number of phenolic OH excluding ortho intramolecular Hbond substituents is 1. The van der Waals surface area contributed by atoms with E-state index in [9.17, 15) is 34.2 Å². The molecule has 1 saturated heterocycles. The number of hydrogen-bond acceptors (Lipinski definition) is 10. The van der Waals surface area contributed by atoms with Crippen LogP contribution in [0, 0.1) is 11.8 Å². The smallest absolute Gasteiger partial charge is 0.326 e. The zero-order valence-corrected chi connectivity index (χ0v) is 32.1. The van der Waals surface area contributed by atoms with E-state index in [1.54, 1.807) is 24.0 Å². The number of hydrogen-bond donors (Lipinski definition) is 9. The Morgan fingerprint density at radius 1 is 0.868 bits per heavy atom. The van der Waals surface area contributed by atoms with Gasteiger partial charge in [0.1, 0.15) is 29.9 Å². The van der Waals surface area contributed by atoms with Crippen LogP contribution in [0.5, 0.6) is 5.75 Å². The number of amides is 4. The molecule has 0 unspecified atom stereocenters. The Hall–Kier alpha value is -3.79. The van der Waals surface area contributed by atoms with Crippen molar-refractivity contribution in [1.82, 2.24) is 26.2 Å². The molecule has 0 radical (unpaired) electrons. The number of unbranched alkanes of at least 4 members (excludes halogenated alkanes) is 2. The van der Waals surface area contributed by atoms with Gasteiger partial charge in [0.05, 0.1) is 6.04 Å². The van der Waals surface area contributed by atoms with Gasteiger partial charge in [-0.1, -0.05) is 59.1 Å². The zero-order chi connectivity index (χ0) is 39.5. The number of carbonyl (C=O) groups is 5. The molecule has 1 fully saturated rings. The van der Waals surface area contributed by atoms with E-state index in [0.717, 1.165) is 32.1 Å². The molecule has 15 nitrogen and oxygen atoms in total. The molecule has 1 aromatic carbocycles. The van der Waals surface area contributed by atoms with Crippen molar-refractivity contribution in [2.75, 3.05) is 26.2 Å². The molecule has 0 spiro atoms. The maximum Gasteiger partial charge on any atom is 0.326 e. The number of nitrogens with one attached hydrogen (secondary N) is 4. The molecule has 2 rings (SSSR count). The highest BCUT2D eigenvalue weighted by atomic mass is 16.4. The minimum Gasteiger partial charge on any atom is -0.508 e. The lowest BCUT2D eigenvalue weighted by Crippen LogP contribution is -2.60. The van der Waals surface area contributed by atoms with Gasteiger partial charge in [-0.3, -0.25) is 19.2 Å². The lowest BCUT2D eigenvalue weighted by molar-refractivity contribution is -0.143. The van der Waals surface area contributed by atoms with Gasteiger partial charge in [-0.2, -0.15) is 0 Å². The maximum absolute atomic E-state index is 14.0. The molecule has 1 aromatic rings. The zero-order valence-electron chi connectivity index (χ0n) is 32.1. The number of carboxylic acid groups (broad SMARTS) is 1. The van der Waals surface area contributed by atoms with Crippen molar-refractivity contribution in [3.8, 4) is 5.75 Å². The minimum absolute atomic E-state index is 0.000946. The molecule has 1 aliphatic rings. The first kappa shape index (κ1) is 45.4. The van der Waals surface area contributed by atoms with E-state index in [2.05, 4.69) is 21.3 Å². The lowest BCUT2D eigenvalue weighted by atomic mass is 9.96. The standard InChI is InChI=1S/C38H66N8O7/c1-5-25(4)33(36(50)44-31(38(52)53)21-24(2)3)45-34(48)30(22-26-14-16-28(47)17-15-26)43-35(49)32-13-10-20-46(32)37(51)29(12-7-9-19-40)42-23-27(41)11-6-8-18-39/h14-17,24-25,27,29-33,42,47H,5-13,18-23,39-41H2,1-4H3,(H,43,49)(H,44,50)(H,45,48)(H,52,53)/t25-,27-,29-,30-,31+,32-,33-/m0/s1. The van der Waals surface area contributed by atoms with Crippen LogP contribution < -0.4 is 38.5 Å².